The van der Waals surface area contributed by atoms with E-state index in [4.69, 9.17) is 11.6 Å². The van der Waals surface area contributed by atoms with Crippen molar-refractivity contribution < 1.29 is 4.79 Å². The maximum atomic E-state index is 13.0. The predicted octanol–water partition coefficient (Wildman–Crippen LogP) is 4.85. The fourth-order valence-corrected chi connectivity index (χ4v) is 3.01. The quantitative estimate of drug-likeness (QED) is 0.859. The molecule has 22 heavy (non-hydrogen) atoms. The number of para-hydroxylation sites is 1. The molecule has 1 amide bonds. The van der Waals surface area contributed by atoms with Crippen LogP contribution < -0.4 is 10.2 Å². The summed E-state index contributed by atoms with van der Waals surface area (Å²) in [4.78, 5) is 14.8. The fourth-order valence-electron chi connectivity index (χ4n) is 2.84. The Kier molecular flexibility index (Phi) is 3.61. The first-order valence-corrected chi connectivity index (χ1v) is 7.82. The second-order valence-electron chi connectivity index (χ2n) is 5.87. The predicted molar refractivity (Wildman–Crippen MR) is 91.8 cm³/mol. The largest absolute Gasteiger partial charge is 0.362 e. The van der Waals surface area contributed by atoms with Gasteiger partial charge in [0.1, 0.15) is 5.66 Å². The summed E-state index contributed by atoms with van der Waals surface area (Å²) in [5.74, 6) is -0.00128. The van der Waals surface area contributed by atoms with Crippen molar-refractivity contribution in [1.82, 2.24) is 0 Å². The van der Waals surface area contributed by atoms with E-state index in [1.807, 2.05) is 56.3 Å². The highest BCUT2D eigenvalue weighted by Gasteiger charge is 2.40. The average molecular weight is 315 g/mol. The zero-order valence-electron chi connectivity index (χ0n) is 13.0. The van der Waals surface area contributed by atoms with Crippen LogP contribution in [0.5, 0.6) is 0 Å². The van der Waals surface area contributed by atoms with Gasteiger partial charge in [0.25, 0.3) is 5.91 Å². The van der Waals surface area contributed by atoms with E-state index in [1.165, 1.54) is 0 Å². The molecule has 0 saturated carbocycles. The number of benzene rings is 2. The summed E-state index contributed by atoms with van der Waals surface area (Å²) < 4.78 is 0. The Morgan fingerprint density at radius 2 is 1.95 bits per heavy atom. The minimum Gasteiger partial charge on any atom is -0.362 e. The first kappa shape index (κ1) is 14.9. The first-order valence-electron chi connectivity index (χ1n) is 7.44. The molecule has 0 radical (unpaired) electrons. The molecule has 114 valence electrons. The summed E-state index contributed by atoms with van der Waals surface area (Å²) in [5, 5.41) is 4.17. The van der Waals surface area contributed by atoms with E-state index in [1.54, 1.807) is 4.90 Å². The highest BCUT2D eigenvalue weighted by molar-refractivity contribution is 6.31. The summed E-state index contributed by atoms with van der Waals surface area (Å²) in [6.45, 7) is 6.06. The van der Waals surface area contributed by atoms with Crippen molar-refractivity contribution in [3.63, 3.8) is 0 Å². The van der Waals surface area contributed by atoms with Crippen LogP contribution in [0.25, 0.3) is 0 Å². The number of amides is 1. The SMILES string of the molecule is CCC1(C)Nc2ccccc2C(=O)N1c1ccc(C)c(Cl)c1. The third kappa shape index (κ3) is 2.26. The molecule has 0 fully saturated rings. The van der Waals surface area contributed by atoms with E-state index in [2.05, 4.69) is 12.2 Å². The molecule has 1 aliphatic rings. The lowest BCUT2D eigenvalue weighted by Gasteiger charge is -2.46. The number of fused-ring (bicyclic) bond motifs is 1. The molecule has 0 saturated heterocycles. The van der Waals surface area contributed by atoms with E-state index < -0.39 is 5.66 Å². The third-order valence-electron chi connectivity index (χ3n) is 4.36. The van der Waals surface area contributed by atoms with Crippen molar-refractivity contribution in [2.24, 2.45) is 0 Å². The number of carbonyl (C=O) groups is 1. The summed E-state index contributed by atoms with van der Waals surface area (Å²) in [5.41, 5.74) is 2.90. The molecule has 3 nitrogen and oxygen atoms in total. The van der Waals surface area contributed by atoms with Gasteiger partial charge in [-0.25, -0.2) is 0 Å². The Balaban J connectivity index is 2.15. The van der Waals surface area contributed by atoms with Crippen LogP contribution in [0.15, 0.2) is 42.5 Å². The molecule has 0 aliphatic carbocycles. The maximum absolute atomic E-state index is 13.0. The minimum atomic E-state index is -0.482. The number of rotatable bonds is 2. The molecule has 0 aromatic heterocycles. The van der Waals surface area contributed by atoms with E-state index in [9.17, 15) is 4.79 Å². The fraction of sp³-hybridized carbons (Fsp3) is 0.278. The lowest BCUT2D eigenvalue weighted by atomic mass is 9.97. The van der Waals surface area contributed by atoms with E-state index in [0.29, 0.717) is 10.6 Å². The molecule has 1 N–H and O–H groups in total. The van der Waals surface area contributed by atoms with Crippen LogP contribution in [-0.4, -0.2) is 11.6 Å². The summed E-state index contributed by atoms with van der Waals surface area (Å²) in [6.07, 6.45) is 0.776. The average Bonchev–Trinajstić information content (AvgIpc) is 2.51. The molecule has 2 aromatic rings. The number of halogens is 1. The molecule has 2 aromatic carbocycles. The second kappa shape index (κ2) is 5.33. The number of hydrogen-bond donors (Lipinski definition) is 1. The van der Waals surface area contributed by atoms with Crippen molar-refractivity contribution in [3.8, 4) is 0 Å². The molecule has 0 bridgehead atoms. The Morgan fingerprint density at radius 1 is 1.23 bits per heavy atom. The van der Waals surface area contributed by atoms with Gasteiger partial charge in [-0.3, -0.25) is 9.69 Å². The van der Waals surface area contributed by atoms with Crippen molar-refractivity contribution in [1.29, 1.82) is 0 Å². The monoisotopic (exact) mass is 314 g/mol. The molecular weight excluding hydrogens is 296 g/mol. The van der Waals surface area contributed by atoms with Crippen LogP contribution in [-0.2, 0) is 0 Å². The van der Waals surface area contributed by atoms with Crippen LogP contribution in [0.4, 0.5) is 11.4 Å². The molecule has 1 aliphatic heterocycles. The highest BCUT2D eigenvalue weighted by Crippen LogP contribution is 2.37. The van der Waals surface area contributed by atoms with Crippen LogP contribution in [0.3, 0.4) is 0 Å². The van der Waals surface area contributed by atoms with Gasteiger partial charge in [-0.05, 0) is 50.1 Å². The van der Waals surface area contributed by atoms with Gasteiger partial charge in [-0.1, -0.05) is 36.7 Å². The lowest BCUT2D eigenvalue weighted by Crippen LogP contribution is -2.58. The Bertz CT molecular complexity index is 744. The maximum Gasteiger partial charge on any atom is 0.262 e. The summed E-state index contributed by atoms with van der Waals surface area (Å²) in [6, 6.07) is 13.4. The Labute approximate surface area is 135 Å². The highest BCUT2D eigenvalue weighted by atomic mass is 35.5. The van der Waals surface area contributed by atoms with E-state index in [0.717, 1.165) is 23.4 Å². The summed E-state index contributed by atoms with van der Waals surface area (Å²) in [7, 11) is 0. The smallest absolute Gasteiger partial charge is 0.262 e. The molecule has 1 heterocycles. The van der Waals surface area contributed by atoms with Crippen molar-refractivity contribution in [3.05, 3.63) is 58.6 Å². The van der Waals surface area contributed by atoms with E-state index in [-0.39, 0.29) is 5.91 Å². The first-order chi connectivity index (χ1) is 10.5. The van der Waals surface area contributed by atoms with Crippen LogP contribution in [0, 0.1) is 6.92 Å². The normalized spacial score (nSPS) is 20.5. The number of hydrogen-bond acceptors (Lipinski definition) is 2. The van der Waals surface area contributed by atoms with Crippen LogP contribution >= 0.6 is 11.6 Å². The zero-order chi connectivity index (χ0) is 15.9. The van der Waals surface area contributed by atoms with Crippen molar-refractivity contribution in [2.45, 2.75) is 32.9 Å². The van der Waals surface area contributed by atoms with Gasteiger partial charge in [-0.2, -0.15) is 0 Å². The number of nitrogens with zero attached hydrogens (tertiary/aromatic N) is 1. The number of aryl methyl sites for hydroxylation is 1. The molecular formula is C18H19ClN2O. The lowest BCUT2D eigenvalue weighted by molar-refractivity contribution is 0.0956. The Morgan fingerprint density at radius 3 is 2.64 bits per heavy atom. The zero-order valence-corrected chi connectivity index (χ0v) is 13.7. The van der Waals surface area contributed by atoms with Gasteiger partial charge in [0.15, 0.2) is 0 Å². The number of carbonyl (C=O) groups excluding carboxylic acids is 1. The van der Waals surface area contributed by atoms with E-state index >= 15 is 0 Å². The molecule has 3 rings (SSSR count). The van der Waals surface area contributed by atoms with Crippen molar-refractivity contribution >= 4 is 28.9 Å². The molecule has 0 spiro atoms. The number of anilines is 2. The number of nitrogens with one attached hydrogen (secondary N) is 1. The van der Waals surface area contributed by atoms with Crippen LogP contribution in [0.2, 0.25) is 5.02 Å². The van der Waals surface area contributed by atoms with Gasteiger partial charge in [0.05, 0.1) is 5.56 Å². The van der Waals surface area contributed by atoms with Gasteiger partial charge < -0.3 is 5.32 Å². The van der Waals surface area contributed by atoms with Crippen molar-refractivity contribution in [2.75, 3.05) is 10.2 Å². The minimum absolute atomic E-state index is 0.00128. The van der Waals surface area contributed by atoms with Crippen LogP contribution in [0.1, 0.15) is 36.2 Å². The van der Waals surface area contributed by atoms with Gasteiger partial charge in [0, 0.05) is 16.4 Å². The molecule has 1 unspecified atom stereocenters. The van der Waals surface area contributed by atoms with Gasteiger partial charge in [-0.15, -0.1) is 0 Å². The topological polar surface area (TPSA) is 32.3 Å². The molecule has 4 heteroatoms. The second-order valence-corrected chi connectivity index (χ2v) is 6.28. The van der Waals surface area contributed by atoms with Gasteiger partial charge >= 0.3 is 0 Å². The third-order valence-corrected chi connectivity index (χ3v) is 4.77. The standard InChI is InChI=1S/C18H19ClN2O/c1-4-18(3)20-16-8-6-5-7-14(16)17(22)21(18)13-10-9-12(2)15(19)11-13/h5-11,20H,4H2,1-3H3. The Hall–Kier alpha value is -2.00. The summed E-state index contributed by atoms with van der Waals surface area (Å²) >= 11 is 6.26. The molecule has 1 atom stereocenters. The van der Waals surface area contributed by atoms with Gasteiger partial charge in [0.2, 0.25) is 0 Å².